The molecular weight excluding hydrogens is 214 g/mol. The molecule has 0 saturated heterocycles. The lowest BCUT2D eigenvalue weighted by Crippen LogP contribution is -1.91. The van der Waals surface area contributed by atoms with Crippen molar-refractivity contribution in [2.24, 2.45) is 0 Å². The summed E-state index contributed by atoms with van der Waals surface area (Å²) >= 11 is 0. The van der Waals surface area contributed by atoms with Gasteiger partial charge in [-0.1, -0.05) is 6.92 Å². The number of nitrogens with zero attached hydrogens (tertiary/aromatic N) is 4. The number of hydrogen-bond donors (Lipinski definition) is 1. The molecule has 2 N–H and O–H groups in total. The summed E-state index contributed by atoms with van der Waals surface area (Å²) in [7, 11) is 0. The zero-order chi connectivity index (χ0) is 12.7. The predicted molar refractivity (Wildman–Crippen MR) is 67.3 cm³/mol. The molecule has 2 rings (SSSR count). The second-order valence-electron chi connectivity index (χ2n) is 3.68. The van der Waals surface area contributed by atoms with Gasteiger partial charge in [-0.2, -0.15) is 20.4 Å². The molecule has 0 bridgehead atoms. The van der Waals surface area contributed by atoms with E-state index in [1.54, 1.807) is 12.4 Å². The molecule has 0 aliphatic carbocycles. The van der Waals surface area contributed by atoms with Crippen molar-refractivity contribution in [2.45, 2.75) is 27.2 Å². The van der Waals surface area contributed by atoms with Crippen molar-refractivity contribution in [1.29, 1.82) is 0 Å². The van der Waals surface area contributed by atoms with Crippen molar-refractivity contribution in [3.63, 3.8) is 0 Å². The first kappa shape index (κ1) is 13.0. The quantitative estimate of drug-likeness (QED) is 0.808. The average molecular weight is 231 g/mol. The van der Waals surface area contributed by atoms with Gasteiger partial charge in [0.25, 0.3) is 0 Å². The minimum atomic E-state index is 0.694. The number of anilines is 1. The molecule has 5 nitrogen and oxygen atoms in total. The molecule has 5 heteroatoms. The van der Waals surface area contributed by atoms with Crippen LogP contribution in [0.3, 0.4) is 0 Å². The molecule has 0 fully saturated rings. The SMILES string of the molecule is CCc1cnncc1C.Cc1cnncc1N. The molecule has 0 radical (unpaired) electrons. The number of rotatable bonds is 1. The average Bonchev–Trinajstić information content (AvgIpc) is 2.34. The first-order valence-corrected chi connectivity index (χ1v) is 5.44. The van der Waals surface area contributed by atoms with Gasteiger partial charge < -0.3 is 5.73 Å². The fourth-order valence-electron chi connectivity index (χ4n) is 1.17. The summed E-state index contributed by atoms with van der Waals surface area (Å²) in [6.07, 6.45) is 7.82. The smallest absolute Gasteiger partial charge is 0.0728 e. The second kappa shape index (κ2) is 6.52. The van der Waals surface area contributed by atoms with Crippen LogP contribution in [0, 0.1) is 13.8 Å². The molecule has 0 aliphatic heterocycles. The van der Waals surface area contributed by atoms with Crippen LogP contribution in [0.15, 0.2) is 24.8 Å². The van der Waals surface area contributed by atoms with Gasteiger partial charge in [-0.05, 0) is 37.0 Å². The van der Waals surface area contributed by atoms with Crippen LogP contribution >= 0.6 is 0 Å². The third-order valence-electron chi connectivity index (χ3n) is 2.39. The van der Waals surface area contributed by atoms with Gasteiger partial charge in [0.05, 0.1) is 30.5 Å². The van der Waals surface area contributed by atoms with Crippen LogP contribution in [0.5, 0.6) is 0 Å². The van der Waals surface area contributed by atoms with Crippen LogP contribution in [-0.2, 0) is 6.42 Å². The fourth-order valence-corrected chi connectivity index (χ4v) is 1.17. The lowest BCUT2D eigenvalue weighted by Gasteiger charge is -1.96. The molecular formula is C12H17N5. The fraction of sp³-hybridized carbons (Fsp3) is 0.333. The summed E-state index contributed by atoms with van der Waals surface area (Å²) in [5.74, 6) is 0. The second-order valence-corrected chi connectivity index (χ2v) is 3.68. The number of aryl methyl sites for hydroxylation is 3. The molecule has 0 atom stereocenters. The Balaban J connectivity index is 0.000000171. The molecule has 2 heterocycles. The Morgan fingerprint density at radius 3 is 1.76 bits per heavy atom. The Hall–Kier alpha value is -2.04. The van der Waals surface area contributed by atoms with Gasteiger partial charge in [0, 0.05) is 0 Å². The largest absolute Gasteiger partial charge is 0.397 e. The molecule has 0 spiro atoms. The predicted octanol–water partition coefficient (Wildman–Crippen LogP) is 1.71. The molecule has 0 aliphatic rings. The minimum Gasteiger partial charge on any atom is -0.397 e. The van der Waals surface area contributed by atoms with E-state index in [1.807, 2.05) is 20.0 Å². The Morgan fingerprint density at radius 1 is 0.882 bits per heavy atom. The highest BCUT2D eigenvalue weighted by atomic mass is 15.1. The van der Waals surface area contributed by atoms with E-state index in [0.29, 0.717) is 5.69 Å². The normalized spacial score (nSPS) is 9.35. The Bertz CT molecular complexity index is 449. The van der Waals surface area contributed by atoms with Crippen LogP contribution in [0.1, 0.15) is 23.6 Å². The maximum Gasteiger partial charge on any atom is 0.0728 e. The Labute approximate surface area is 101 Å². The molecule has 90 valence electrons. The maximum absolute atomic E-state index is 5.42. The van der Waals surface area contributed by atoms with Crippen molar-refractivity contribution in [2.75, 3.05) is 5.73 Å². The first-order chi connectivity index (χ1) is 8.15. The zero-order valence-electron chi connectivity index (χ0n) is 10.4. The topological polar surface area (TPSA) is 77.6 Å². The molecule has 0 saturated carbocycles. The van der Waals surface area contributed by atoms with E-state index in [4.69, 9.17) is 5.73 Å². The van der Waals surface area contributed by atoms with Crippen LogP contribution in [-0.4, -0.2) is 20.4 Å². The van der Waals surface area contributed by atoms with Crippen LogP contribution < -0.4 is 5.73 Å². The standard InChI is InChI=1S/C7H10N2.C5H7N3/c1-3-7-5-9-8-4-6(7)2;1-4-2-7-8-3-5(4)6/h4-5H,3H2,1-2H3;2-3H,1H3,(H2,6,7). The van der Waals surface area contributed by atoms with Gasteiger partial charge >= 0.3 is 0 Å². The molecule has 0 amide bonds. The van der Waals surface area contributed by atoms with E-state index >= 15 is 0 Å². The van der Waals surface area contributed by atoms with Gasteiger partial charge in [0.15, 0.2) is 0 Å². The summed E-state index contributed by atoms with van der Waals surface area (Å²) in [5, 5.41) is 14.7. The summed E-state index contributed by atoms with van der Waals surface area (Å²) < 4.78 is 0. The molecule has 17 heavy (non-hydrogen) atoms. The van der Waals surface area contributed by atoms with Crippen molar-refractivity contribution >= 4 is 5.69 Å². The van der Waals surface area contributed by atoms with Gasteiger partial charge in [0.2, 0.25) is 0 Å². The highest BCUT2D eigenvalue weighted by Gasteiger charge is 1.91. The van der Waals surface area contributed by atoms with E-state index in [2.05, 4.69) is 27.3 Å². The Kier molecular flexibility index (Phi) is 5.00. The number of nitrogen functional groups attached to an aromatic ring is 1. The van der Waals surface area contributed by atoms with E-state index in [0.717, 1.165) is 12.0 Å². The van der Waals surface area contributed by atoms with E-state index < -0.39 is 0 Å². The highest BCUT2D eigenvalue weighted by molar-refractivity contribution is 5.40. The van der Waals surface area contributed by atoms with E-state index in [-0.39, 0.29) is 0 Å². The molecule has 0 aromatic carbocycles. The van der Waals surface area contributed by atoms with Crippen molar-refractivity contribution in [3.05, 3.63) is 41.5 Å². The summed E-state index contributed by atoms with van der Waals surface area (Å²) in [6, 6.07) is 0. The monoisotopic (exact) mass is 231 g/mol. The van der Waals surface area contributed by atoms with Crippen LogP contribution in [0.25, 0.3) is 0 Å². The summed E-state index contributed by atoms with van der Waals surface area (Å²) in [4.78, 5) is 0. The lowest BCUT2D eigenvalue weighted by atomic mass is 10.1. The van der Waals surface area contributed by atoms with Gasteiger partial charge in [-0.25, -0.2) is 0 Å². The lowest BCUT2D eigenvalue weighted by molar-refractivity contribution is 0.960. The van der Waals surface area contributed by atoms with Gasteiger partial charge in [-0.15, -0.1) is 0 Å². The third-order valence-corrected chi connectivity index (χ3v) is 2.39. The summed E-state index contributed by atoms with van der Waals surface area (Å²) in [6.45, 7) is 6.06. The Morgan fingerprint density at radius 2 is 1.41 bits per heavy atom. The number of aromatic nitrogens is 4. The van der Waals surface area contributed by atoms with Crippen LogP contribution in [0.4, 0.5) is 5.69 Å². The highest BCUT2D eigenvalue weighted by Crippen LogP contribution is 2.02. The van der Waals surface area contributed by atoms with E-state index in [1.165, 1.54) is 17.3 Å². The van der Waals surface area contributed by atoms with Crippen molar-refractivity contribution in [1.82, 2.24) is 20.4 Å². The molecule has 0 unspecified atom stereocenters. The number of hydrogen-bond acceptors (Lipinski definition) is 5. The van der Waals surface area contributed by atoms with Gasteiger partial charge in [0.1, 0.15) is 0 Å². The summed E-state index contributed by atoms with van der Waals surface area (Å²) in [5.41, 5.74) is 9.60. The van der Waals surface area contributed by atoms with Crippen LogP contribution in [0.2, 0.25) is 0 Å². The third kappa shape index (κ3) is 4.14. The molecule has 2 aromatic heterocycles. The zero-order valence-corrected chi connectivity index (χ0v) is 10.4. The first-order valence-electron chi connectivity index (χ1n) is 5.44. The maximum atomic E-state index is 5.42. The number of nitrogens with two attached hydrogens (primary N) is 1. The minimum absolute atomic E-state index is 0.694. The van der Waals surface area contributed by atoms with Gasteiger partial charge in [-0.3, -0.25) is 0 Å². The van der Waals surface area contributed by atoms with Crippen molar-refractivity contribution < 1.29 is 0 Å². The van der Waals surface area contributed by atoms with E-state index in [9.17, 15) is 0 Å². The van der Waals surface area contributed by atoms with Crippen molar-refractivity contribution in [3.8, 4) is 0 Å². The molecule has 2 aromatic rings.